The fourth-order valence-corrected chi connectivity index (χ4v) is 3.51. The second kappa shape index (κ2) is 7.39. The molecule has 1 unspecified atom stereocenters. The number of hydrogen-bond donors (Lipinski definition) is 1. The first-order chi connectivity index (χ1) is 12.0. The summed E-state index contributed by atoms with van der Waals surface area (Å²) in [6.45, 7) is 9.14. The number of nitrogens with zero attached hydrogens (tertiary/aromatic N) is 4. The van der Waals surface area contributed by atoms with E-state index in [0.717, 1.165) is 54.8 Å². The highest BCUT2D eigenvalue weighted by Gasteiger charge is 2.21. The number of aromatic nitrogens is 3. The molecule has 1 aliphatic rings. The van der Waals surface area contributed by atoms with Crippen molar-refractivity contribution in [2.45, 2.75) is 39.7 Å². The van der Waals surface area contributed by atoms with Crippen LogP contribution in [0.15, 0.2) is 6.07 Å². The zero-order chi connectivity index (χ0) is 18.0. The van der Waals surface area contributed by atoms with Gasteiger partial charge in [-0.25, -0.2) is 9.67 Å². The Morgan fingerprint density at radius 1 is 1.44 bits per heavy atom. The summed E-state index contributed by atoms with van der Waals surface area (Å²) in [7, 11) is 1.84. The third kappa shape index (κ3) is 3.92. The van der Waals surface area contributed by atoms with E-state index in [2.05, 4.69) is 27.2 Å². The lowest BCUT2D eigenvalue weighted by molar-refractivity contribution is -0.124. The van der Waals surface area contributed by atoms with Crippen LogP contribution in [-0.2, 0) is 11.8 Å². The average Bonchev–Trinajstić information content (AvgIpc) is 2.89. The van der Waals surface area contributed by atoms with Crippen molar-refractivity contribution in [3.8, 4) is 5.88 Å². The van der Waals surface area contributed by atoms with Crippen molar-refractivity contribution < 1.29 is 9.53 Å². The number of hydrogen-bond acceptors (Lipinski definition) is 5. The van der Waals surface area contributed by atoms with Crippen molar-refractivity contribution in [1.29, 1.82) is 0 Å². The molecular weight excluding hydrogens is 318 g/mol. The summed E-state index contributed by atoms with van der Waals surface area (Å²) >= 11 is 0. The highest BCUT2D eigenvalue weighted by atomic mass is 16.5. The number of aryl methyl sites for hydroxylation is 3. The van der Waals surface area contributed by atoms with Gasteiger partial charge in [0.05, 0.1) is 5.39 Å². The van der Waals surface area contributed by atoms with Crippen LogP contribution in [0.3, 0.4) is 0 Å². The van der Waals surface area contributed by atoms with Crippen LogP contribution < -0.4 is 10.1 Å². The second-order valence-corrected chi connectivity index (χ2v) is 6.80. The van der Waals surface area contributed by atoms with Crippen LogP contribution in [0.4, 0.5) is 0 Å². The van der Waals surface area contributed by atoms with Gasteiger partial charge in [-0.3, -0.25) is 4.79 Å². The number of rotatable bonds is 5. The van der Waals surface area contributed by atoms with Crippen molar-refractivity contribution in [2.24, 2.45) is 7.05 Å². The van der Waals surface area contributed by atoms with E-state index in [-0.39, 0.29) is 18.6 Å². The molecular formula is C18H27N5O2. The first-order valence-corrected chi connectivity index (χ1v) is 8.93. The zero-order valence-corrected chi connectivity index (χ0v) is 15.5. The number of carbonyl (C=O) groups is 1. The van der Waals surface area contributed by atoms with Gasteiger partial charge in [0.1, 0.15) is 0 Å². The Labute approximate surface area is 148 Å². The third-order valence-corrected chi connectivity index (χ3v) is 4.74. The molecule has 3 heterocycles. The predicted molar refractivity (Wildman–Crippen MR) is 96.8 cm³/mol. The Bertz CT molecular complexity index is 770. The van der Waals surface area contributed by atoms with Gasteiger partial charge < -0.3 is 15.0 Å². The van der Waals surface area contributed by atoms with Crippen LogP contribution >= 0.6 is 0 Å². The molecule has 3 rings (SSSR count). The highest BCUT2D eigenvalue weighted by Crippen LogP contribution is 2.26. The van der Waals surface area contributed by atoms with Gasteiger partial charge in [0.2, 0.25) is 5.88 Å². The Morgan fingerprint density at radius 3 is 3.00 bits per heavy atom. The number of likely N-dealkylation sites (tertiary alicyclic amines) is 1. The maximum absolute atomic E-state index is 12.3. The third-order valence-electron chi connectivity index (χ3n) is 4.74. The molecule has 0 aromatic carbocycles. The van der Waals surface area contributed by atoms with E-state index in [9.17, 15) is 4.79 Å². The lowest BCUT2D eigenvalue weighted by atomic mass is 10.1. The van der Waals surface area contributed by atoms with E-state index in [0.29, 0.717) is 5.88 Å². The minimum Gasteiger partial charge on any atom is -0.466 e. The van der Waals surface area contributed by atoms with Crippen LogP contribution in [0, 0.1) is 13.8 Å². The van der Waals surface area contributed by atoms with Crippen molar-refractivity contribution in [1.82, 2.24) is 25.0 Å². The summed E-state index contributed by atoms with van der Waals surface area (Å²) in [5.41, 5.74) is 2.77. The molecule has 1 amide bonds. The number of nitrogens with one attached hydrogen (secondary N) is 1. The summed E-state index contributed by atoms with van der Waals surface area (Å²) in [6, 6.07) is 2.20. The smallest absolute Gasteiger partial charge is 0.258 e. The monoisotopic (exact) mass is 345 g/mol. The van der Waals surface area contributed by atoms with Gasteiger partial charge in [0.15, 0.2) is 12.3 Å². The molecule has 0 aliphatic carbocycles. The number of ether oxygens (including phenoxy) is 1. The number of pyridine rings is 1. The number of amides is 1. The summed E-state index contributed by atoms with van der Waals surface area (Å²) in [5, 5.41) is 8.33. The standard InChI is InChI=1S/C18H27N5O2/c1-5-23-8-6-7-14(10-23)20-15(24)11-25-18-16-12(2)9-13(3)19-17(16)22(4)21-18/h9,14H,5-8,10-11H2,1-4H3,(H,20,24). The van der Waals surface area contributed by atoms with Gasteiger partial charge >= 0.3 is 0 Å². The fraction of sp³-hybridized carbons (Fsp3) is 0.611. The van der Waals surface area contributed by atoms with Gasteiger partial charge in [-0.2, -0.15) is 0 Å². The van der Waals surface area contributed by atoms with Gasteiger partial charge in [-0.1, -0.05) is 6.92 Å². The van der Waals surface area contributed by atoms with Gasteiger partial charge in [-0.15, -0.1) is 5.10 Å². The summed E-state index contributed by atoms with van der Waals surface area (Å²) in [6.07, 6.45) is 2.14. The summed E-state index contributed by atoms with van der Waals surface area (Å²) in [4.78, 5) is 19.1. The number of likely N-dealkylation sites (N-methyl/N-ethyl adjacent to an activating group) is 1. The quantitative estimate of drug-likeness (QED) is 0.890. The molecule has 1 fully saturated rings. The molecule has 0 spiro atoms. The average molecular weight is 345 g/mol. The molecule has 2 aromatic rings. The molecule has 0 radical (unpaired) electrons. The Hall–Kier alpha value is -2.15. The summed E-state index contributed by atoms with van der Waals surface area (Å²) in [5.74, 6) is 0.371. The van der Waals surface area contributed by atoms with E-state index in [1.807, 2.05) is 27.0 Å². The minimum absolute atomic E-state index is 0.0257. The molecule has 25 heavy (non-hydrogen) atoms. The molecule has 1 atom stereocenters. The van der Waals surface area contributed by atoms with Crippen molar-refractivity contribution >= 4 is 16.9 Å². The van der Waals surface area contributed by atoms with E-state index >= 15 is 0 Å². The van der Waals surface area contributed by atoms with Crippen molar-refractivity contribution in [2.75, 3.05) is 26.2 Å². The first kappa shape index (κ1) is 17.7. The molecule has 1 aliphatic heterocycles. The molecule has 2 aromatic heterocycles. The van der Waals surface area contributed by atoms with Crippen LogP contribution in [0.1, 0.15) is 31.0 Å². The lowest BCUT2D eigenvalue weighted by Crippen LogP contribution is -2.48. The maximum atomic E-state index is 12.3. The maximum Gasteiger partial charge on any atom is 0.258 e. The van der Waals surface area contributed by atoms with Gasteiger partial charge in [0.25, 0.3) is 5.91 Å². The molecule has 7 nitrogen and oxygen atoms in total. The SMILES string of the molecule is CCN1CCCC(NC(=O)COc2nn(C)c3nc(C)cc(C)c23)C1. The number of carbonyl (C=O) groups excluding carboxylic acids is 1. The molecule has 1 saturated heterocycles. The minimum atomic E-state index is -0.0977. The number of piperidine rings is 1. The highest BCUT2D eigenvalue weighted by molar-refractivity contribution is 5.85. The Morgan fingerprint density at radius 2 is 2.24 bits per heavy atom. The van der Waals surface area contributed by atoms with Crippen LogP contribution in [0.25, 0.3) is 11.0 Å². The van der Waals surface area contributed by atoms with Crippen LogP contribution in [0.5, 0.6) is 5.88 Å². The zero-order valence-electron chi connectivity index (χ0n) is 15.5. The number of fused-ring (bicyclic) bond motifs is 1. The van der Waals surface area contributed by atoms with Gasteiger partial charge in [0, 0.05) is 25.3 Å². The normalized spacial score (nSPS) is 18.5. The van der Waals surface area contributed by atoms with E-state index in [1.165, 1.54) is 0 Å². The van der Waals surface area contributed by atoms with E-state index < -0.39 is 0 Å². The molecule has 136 valence electrons. The summed E-state index contributed by atoms with van der Waals surface area (Å²) < 4.78 is 7.42. The molecule has 7 heteroatoms. The van der Waals surface area contributed by atoms with Crippen molar-refractivity contribution in [3.63, 3.8) is 0 Å². The molecule has 1 N–H and O–H groups in total. The Balaban J connectivity index is 1.64. The molecule has 0 bridgehead atoms. The largest absolute Gasteiger partial charge is 0.466 e. The lowest BCUT2D eigenvalue weighted by Gasteiger charge is -2.32. The van der Waals surface area contributed by atoms with Crippen LogP contribution in [-0.4, -0.2) is 57.9 Å². The van der Waals surface area contributed by atoms with Crippen molar-refractivity contribution in [3.05, 3.63) is 17.3 Å². The van der Waals surface area contributed by atoms with E-state index in [1.54, 1.807) is 4.68 Å². The Kier molecular flexibility index (Phi) is 5.22. The predicted octanol–water partition coefficient (Wildman–Crippen LogP) is 1.56. The second-order valence-electron chi connectivity index (χ2n) is 6.80. The molecule has 0 saturated carbocycles. The first-order valence-electron chi connectivity index (χ1n) is 8.93. The van der Waals surface area contributed by atoms with Gasteiger partial charge in [-0.05, 0) is 51.4 Å². The fourth-order valence-electron chi connectivity index (χ4n) is 3.51. The van der Waals surface area contributed by atoms with Crippen LogP contribution in [0.2, 0.25) is 0 Å². The topological polar surface area (TPSA) is 72.3 Å². The van der Waals surface area contributed by atoms with E-state index in [4.69, 9.17) is 4.74 Å².